The molecule has 3 nitrogen and oxygen atoms in total. The molecule has 2 rings (SSSR count). The molecule has 0 bridgehead atoms. The van der Waals surface area contributed by atoms with Gasteiger partial charge in [-0.1, -0.05) is 19.1 Å². The molecule has 1 aliphatic heterocycles. The van der Waals surface area contributed by atoms with Gasteiger partial charge in [0.25, 0.3) is 0 Å². The molecule has 1 heterocycles. The Morgan fingerprint density at radius 2 is 2.05 bits per heavy atom. The van der Waals surface area contributed by atoms with E-state index >= 15 is 0 Å². The maximum atomic E-state index is 12.9. The van der Waals surface area contributed by atoms with E-state index in [1.54, 1.807) is 17.0 Å². The number of benzene rings is 1. The Labute approximate surface area is 125 Å². The van der Waals surface area contributed by atoms with Crippen LogP contribution in [0.15, 0.2) is 24.3 Å². The lowest BCUT2D eigenvalue weighted by molar-refractivity contribution is -0.137. The van der Waals surface area contributed by atoms with Crippen LogP contribution in [-0.2, 0) is 11.3 Å². The molecule has 1 unspecified atom stereocenters. The van der Waals surface area contributed by atoms with Crippen LogP contribution in [0, 0.1) is 5.82 Å². The van der Waals surface area contributed by atoms with Gasteiger partial charge in [-0.3, -0.25) is 4.79 Å². The van der Waals surface area contributed by atoms with Gasteiger partial charge in [-0.2, -0.15) is 0 Å². The summed E-state index contributed by atoms with van der Waals surface area (Å²) in [6.07, 6.45) is 2.75. The number of nitrogens with zero attached hydrogens (tertiary/aromatic N) is 1. The monoisotopic (exact) mass is 300 g/mol. The summed E-state index contributed by atoms with van der Waals surface area (Å²) < 4.78 is 12.9. The van der Waals surface area contributed by atoms with Gasteiger partial charge in [0.05, 0.1) is 5.54 Å². The van der Waals surface area contributed by atoms with E-state index in [0.29, 0.717) is 6.54 Å². The Bertz CT molecular complexity index is 444. The highest BCUT2D eigenvalue weighted by molar-refractivity contribution is 5.86. The molecule has 20 heavy (non-hydrogen) atoms. The van der Waals surface area contributed by atoms with Gasteiger partial charge < -0.3 is 10.2 Å². The minimum atomic E-state index is -0.394. The number of carbonyl (C=O) groups excluding carboxylic acids is 1. The van der Waals surface area contributed by atoms with E-state index in [0.717, 1.165) is 31.4 Å². The summed E-state index contributed by atoms with van der Waals surface area (Å²) in [6, 6.07) is 6.30. The van der Waals surface area contributed by atoms with Gasteiger partial charge in [0.15, 0.2) is 0 Å². The predicted molar refractivity (Wildman–Crippen MR) is 80.4 cm³/mol. The standard InChI is InChI=1S/C15H21FN2O.ClH/c1-3-15(9-4-10-17-15)14(19)18(2)11-12-5-7-13(16)8-6-12;/h5-8,17H,3-4,9-11H2,1-2H3;1H. The van der Waals surface area contributed by atoms with Crippen LogP contribution in [0.4, 0.5) is 4.39 Å². The van der Waals surface area contributed by atoms with Crippen LogP contribution in [-0.4, -0.2) is 29.9 Å². The lowest BCUT2D eigenvalue weighted by Gasteiger charge is -2.31. The Morgan fingerprint density at radius 3 is 2.55 bits per heavy atom. The van der Waals surface area contributed by atoms with E-state index in [2.05, 4.69) is 5.32 Å². The van der Waals surface area contributed by atoms with Crippen molar-refractivity contribution < 1.29 is 9.18 Å². The molecule has 1 aliphatic rings. The average molecular weight is 301 g/mol. The van der Waals surface area contributed by atoms with Crippen LogP contribution in [0.2, 0.25) is 0 Å². The first-order chi connectivity index (χ1) is 9.07. The average Bonchev–Trinajstić information content (AvgIpc) is 2.90. The zero-order valence-corrected chi connectivity index (χ0v) is 12.8. The fourth-order valence-corrected chi connectivity index (χ4v) is 2.74. The van der Waals surface area contributed by atoms with Crippen molar-refractivity contribution in [3.05, 3.63) is 35.6 Å². The van der Waals surface area contributed by atoms with E-state index in [4.69, 9.17) is 0 Å². The third-order valence-corrected chi connectivity index (χ3v) is 3.94. The molecule has 0 spiro atoms. The van der Waals surface area contributed by atoms with Crippen LogP contribution in [0.1, 0.15) is 31.7 Å². The Morgan fingerprint density at radius 1 is 1.40 bits per heavy atom. The van der Waals surface area contributed by atoms with Crippen LogP contribution in [0.25, 0.3) is 0 Å². The molecule has 0 aromatic heterocycles. The normalized spacial score (nSPS) is 21.4. The zero-order chi connectivity index (χ0) is 13.9. The summed E-state index contributed by atoms with van der Waals surface area (Å²) in [6.45, 7) is 3.47. The number of likely N-dealkylation sites (N-methyl/N-ethyl adjacent to an activating group) is 1. The minimum absolute atomic E-state index is 0. The minimum Gasteiger partial charge on any atom is -0.340 e. The third kappa shape index (κ3) is 3.49. The SMILES string of the molecule is CCC1(C(=O)N(C)Cc2ccc(F)cc2)CCCN1.Cl. The van der Waals surface area contributed by atoms with Gasteiger partial charge in [-0.05, 0) is 43.5 Å². The summed E-state index contributed by atoms with van der Waals surface area (Å²) >= 11 is 0. The second-order valence-electron chi connectivity index (χ2n) is 5.25. The molecule has 1 atom stereocenters. The van der Waals surface area contributed by atoms with E-state index in [-0.39, 0.29) is 24.1 Å². The lowest BCUT2D eigenvalue weighted by atomic mass is 9.92. The number of halogens is 2. The van der Waals surface area contributed by atoms with Crippen molar-refractivity contribution in [1.82, 2.24) is 10.2 Å². The maximum Gasteiger partial charge on any atom is 0.242 e. The molecule has 1 saturated heterocycles. The molecule has 1 aromatic rings. The largest absolute Gasteiger partial charge is 0.340 e. The smallest absolute Gasteiger partial charge is 0.242 e. The third-order valence-electron chi connectivity index (χ3n) is 3.94. The number of hydrogen-bond donors (Lipinski definition) is 1. The summed E-state index contributed by atoms with van der Waals surface area (Å²) in [5.41, 5.74) is 0.552. The molecular formula is C15H22ClFN2O. The Balaban J connectivity index is 0.00000200. The molecule has 0 aliphatic carbocycles. The van der Waals surface area contributed by atoms with Crippen molar-refractivity contribution in [2.45, 2.75) is 38.3 Å². The topological polar surface area (TPSA) is 32.3 Å². The van der Waals surface area contributed by atoms with Crippen molar-refractivity contribution in [2.75, 3.05) is 13.6 Å². The number of hydrogen-bond acceptors (Lipinski definition) is 2. The van der Waals surface area contributed by atoms with Gasteiger partial charge in [-0.15, -0.1) is 12.4 Å². The van der Waals surface area contributed by atoms with Crippen LogP contribution >= 0.6 is 12.4 Å². The second kappa shape index (κ2) is 7.04. The number of rotatable bonds is 4. The van der Waals surface area contributed by atoms with E-state index < -0.39 is 5.54 Å². The van der Waals surface area contributed by atoms with Gasteiger partial charge in [0.1, 0.15) is 5.82 Å². The lowest BCUT2D eigenvalue weighted by Crippen LogP contribution is -2.53. The molecule has 0 saturated carbocycles. The first-order valence-electron chi connectivity index (χ1n) is 6.82. The highest BCUT2D eigenvalue weighted by Crippen LogP contribution is 2.25. The molecule has 112 valence electrons. The number of amides is 1. The van der Waals surface area contributed by atoms with Crippen molar-refractivity contribution in [1.29, 1.82) is 0 Å². The molecule has 5 heteroatoms. The quantitative estimate of drug-likeness (QED) is 0.927. The van der Waals surface area contributed by atoms with Crippen LogP contribution < -0.4 is 5.32 Å². The summed E-state index contributed by atoms with van der Waals surface area (Å²) in [5, 5.41) is 3.34. The molecule has 1 N–H and O–H groups in total. The summed E-state index contributed by atoms with van der Waals surface area (Å²) in [4.78, 5) is 14.3. The summed E-state index contributed by atoms with van der Waals surface area (Å²) in [5.74, 6) is -0.114. The van der Waals surface area contributed by atoms with Crippen molar-refractivity contribution in [2.24, 2.45) is 0 Å². The molecule has 1 aromatic carbocycles. The van der Waals surface area contributed by atoms with Gasteiger partial charge >= 0.3 is 0 Å². The van der Waals surface area contributed by atoms with Crippen molar-refractivity contribution in [3.63, 3.8) is 0 Å². The molecule has 1 amide bonds. The van der Waals surface area contributed by atoms with Crippen molar-refractivity contribution in [3.8, 4) is 0 Å². The molecule has 1 fully saturated rings. The maximum absolute atomic E-state index is 12.9. The predicted octanol–water partition coefficient (Wildman–Crippen LogP) is 2.74. The second-order valence-corrected chi connectivity index (χ2v) is 5.25. The van der Waals surface area contributed by atoms with Gasteiger partial charge in [0, 0.05) is 13.6 Å². The van der Waals surface area contributed by atoms with E-state index in [9.17, 15) is 9.18 Å². The Kier molecular flexibility index (Phi) is 5.96. The van der Waals surface area contributed by atoms with E-state index in [1.165, 1.54) is 12.1 Å². The highest BCUT2D eigenvalue weighted by atomic mass is 35.5. The molecular weight excluding hydrogens is 279 g/mol. The number of carbonyl (C=O) groups is 1. The van der Waals surface area contributed by atoms with Crippen LogP contribution in [0.3, 0.4) is 0 Å². The Hall–Kier alpha value is -1.13. The summed E-state index contributed by atoms with van der Waals surface area (Å²) in [7, 11) is 1.81. The van der Waals surface area contributed by atoms with Crippen molar-refractivity contribution >= 4 is 18.3 Å². The molecule has 0 radical (unpaired) electrons. The number of nitrogens with one attached hydrogen (secondary N) is 1. The fourth-order valence-electron chi connectivity index (χ4n) is 2.74. The first-order valence-corrected chi connectivity index (χ1v) is 6.82. The van der Waals surface area contributed by atoms with Crippen LogP contribution in [0.5, 0.6) is 0 Å². The fraction of sp³-hybridized carbons (Fsp3) is 0.533. The highest BCUT2D eigenvalue weighted by Gasteiger charge is 2.40. The zero-order valence-electron chi connectivity index (χ0n) is 12.0. The first kappa shape index (κ1) is 16.9. The van der Waals surface area contributed by atoms with Gasteiger partial charge in [-0.25, -0.2) is 4.39 Å². The van der Waals surface area contributed by atoms with E-state index in [1.807, 2.05) is 14.0 Å². The van der Waals surface area contributed by atoms with Gasteiger partial charge in [0.2, 0.25) is 5.91 Å².